The summed E-state index contributed by atoms with van der Waals surface area (Å²) in [6, 6.07) is 15.4. The van der Waals surface area contributed by atoms with Gasteiger partial charge >= 0.3 is 18.2 Å². The van der Waals surface area contributed by atoms with E-state index in [1.807, 2.05) is 30.3 Å². The Morgan fingerprint density at radius 1 is 0.923 bits per heavy atom. The number of nitrogens with one attached hydrogen (secondary N) is 3. The maximum Gasteiger partial charge on any atom is 0.408 e. The van der Waals surface area contributed by atoms with Gasteiger partial charge in [0.1, 0.15) is 18.2 Å². The van der Waals surface area contributed by atoms with Gasteiger partial charge in [-0.25, -0.2) is 9.59 Å². The number of benzene rings is 2. The first kappa shape index (κ1) is 31.1. The van der Waals surface area contributed by atoms with E-state index in [9.17, 15) is 24.3 Å². The van der Waals surface area contributed by atoms with Crippen molar-refractivity contribution in [1.29, 1.82) is 0 Å². The third-order valence-electron chi connectivity index (χ3n) is 5.75. The summed E-state index contributed by atoms with van der Waals surface area (Å²) in [6.07, 6.45) is -0.319. The van der Waals surface area contributed by atoms with E-state index in [-0.39, 0.29) is 26.1 Å². The van der Waals surface area contributed by atoms with Crippen molar-refractivity contribution in [2.75, 3.05) is 6.54 Å². The van der Waals surface area contributed by atoms with Gasteiger partial charge in [-0.05, 0) is 56.7 Å². The average Bonchev–Trinajstić information content (AvgIpc) is 2.88. The van der Waals surface area contributed by atoms with Crippen LogP contribution in [0.3, 0.4) is 0 Å². The molecular weight excluding hydrogens is 502 g/mol. The average molecular weight is 542 g/mol. The number of rotatable bonds is 13. The Hall–Kier alpha value is -4.08. The van der Waals surface area contributed by atoms with E-state index in [2.05, 4.69) is 16.0 Å². The van der Waals surface area contributed by atoms with Crippen molar-refractivity contribution in [3.05, 3.63) is 71.3 Å². The lowest BCUT2D eigenvalue weighted by molar-refractivity contribution is -0.138. The fourth-order valence-electron chi connectivity index (χ4n) is 3.86. The molecule has 1 unspecified atom stereocenters. The minimum absolute atomic E-state index is 0.0926. The summed E-state index contributed by atoms with van der Waals surface area (Å²) in [4.78, 5) is 49.2. The quantitative estimate of drug-likeness (QED) is 0.274. The zero-order valence-corrected chi connectivity index (χ0v) is 23.0. The molecule has 0 bridgehead atoms. The van der Waals surface area contributed by atoms with Crippen molar-refractivity contribution in [3.8, 4) is 0 Å². The number of hydrogen-bond donors (Lipinski definition) is 4. The Kier molecular flexibility index (Phi) is 12.3. The largest absolute Gasteiger partial charge is 0.481 e. The molecule has 0 saturated heterocycles. The summed E-state index contributed by atoms with van der Waals surface area (Å²) in [7, 11) is 0. The summed E-state index contributed by atoms with van der Waals surface area (Å²) in [5.41, 5.74) is 1.42. The highest BCUT2D eigenvalue weighted by atomic mass is 16.6. The molecule has 0 aromatic heterocycles. The Labute approximate surface area is 229 Å². The van der Waals surface area contributed by atoms with Crippen molar-refractivity contribution < 1.29 is 33.8 Å². The molecule has 0 fully saturated rings. The van der Waals surface area contributed by atoms with E-state index in [1.165, 1.54) is 0 Å². The molecule has 212 valence electrons. The number of amides is 3. The molecule has 3 amide bonds. The van der Waals surface area contributed by atoms with Crippen molar-refractivity contribution in [2.24, 2.45) is 0 Å². The zero-order valence-electron chi connectivity index (χ0n) is 23.0. The van der Waals surface area contributed by atoms with E-state index in [4.69, 9.17) is 9.47 Å². The second-order valence-electron chi connectivity index (χ2n) is 10.0. The molecule has 10 heteroatoms. The smallest absolute Gasteiger partial charge is 0.408 e. The SMILES string of the molecule is CCC(C(=O)O)c1ccccc1CNC(=O)[C@H](CCCNC(=O)OCc1ccccc1)NC(=O)OC(C)(C)C. The predicted octanol–water partition coefficient (Wildman–Crippen LogP) is 4.48. The van der Waals surface area contributed by atoms with Crippen LogP contribution in [-0.4, -0.2) is 47.4 Å². The topological polar surface area (TPSA) is 143 Å². The van der Waals surface area contributed by atoms with Crippen LogP contribution in [0.4, 0.5) is 9.59 Å². The first-order valence-electron chi connectivity index (χ1n) is 13.0. The van der Waals surface area contributed by atoms with Crippen LogP contribution in [-0.2, 0) is 32.2 Å². The van der Waals surface area contributed by atoms with Crippen molar-refractivity contribution in [2.45, 2.75) is 77.7 Å². The summed E-state index contributed by atoms with van der Waals surface area (Å²) < 4.78 is 10.5. The van der Waals surface area contributed by atoms with Gasteiger partial charge in [-0.2, -0.15) is 0 Å². The molecule has 2 aromatic rings. The molecule has 2 aromatic carbocycles. The van der Waals surface area contributed by atoms with Gasteiger partial charge in [0.05, 0.1) is 5.92 Å². The molecular formula is C29H39N3O7. The zero-order chi connectivity index (χ0) is 28.8. The van der Waals surface area contributed by atoms with Gasteiger partial charge in [-0.15, -0.1) is 0 Å². The Bertz CT molecular complexity index is 1100. The number of carbonyl (C=O) groups excluding carboxylic acids is 3. The van der Waals surface area contributed by atoms with Crippen LogP contribution >= 0.6 is 0 Å². The minimum Gasteiger partial charge on any atom is -0.481 e. The molecule has 2 rings (SSSR count). The monoisotopic (exact) mass is 541 g/mol. The maximum absolute atomic E-state index is 13.1. The van der Waals surface area contributed by atoms with Gasteiger partial charge in [0, 0.05) is 13.1 Å². The number of alkyl carbamates (subject to hydrolysis) is 2. The van der Waals surface area contributed by atoms with Crippen molar-refractivity contribution in [1.82, 2.24) is 16.0 Å². The number of carboxylic acid groups (broad SMARTS) is 1. The van der Waals surface area contributed by atoms with Crippen LogP contribution in [0.2, 0.25) is 0 Å². The number of carbonyl (C=O) groups is 4. The number of hydrogen-bond acceptors (Lipinski definition) is 6. The van der Waals surface area contributed by atoms with E-state index in [0.717, 1.165) is 5.56 Å². The Balaban J connectivity index is 1.96. The number of ether oxygens (including phenoxy) is 2. The molecule has 0 heterocycles. The summed E-state index contributed by atoms with van der Waals surface area (Å²) in [5, 5.41) is 17.6. The molecule has 0 spiro atoms. The lowest BCUT2D eigenvalue weighted by Gasteiger charge is -2.24. The Morgan fingerprint density at radius 3 is 2.23 bits per heavy atom. The van der Waals surface area contributed by atoms with E-state index >= 15 is 0 Å². The summed E-state index contributed by atoms with van der Waals surface area (Å²) >= 11 is 0. The molecule has 0 aliphatic heterocycles. The molecule has 0 radical (unpaired) electrons. The minimum atomic E-state index is -0.935. The van der Waals surface area contributed by atoms with Gasteiger partial charge in [0.2, 0.25) is 5.91 Å². The molecule has 10 nitrogen and oxygen atoms in total. The Morgan fingerprint density at radius 2 is 1.59 bits per heavy atom. The first-order chi connectivity index (χ1) is 18.5. The highest BCUT2D eigenvalue weighted by molar-refractivity contribution is 5.85. The van der Waals surface area contributed by atoms with Gasteiger partial charge in [0.15, 0.2) is 0 Å². The molecule has 0 aliphatic rings. The lowest BCUT2D eigenvalue weighted by atomic mass is 9.92. The van der Waals surface area contributed by atoms with Crippen molar-refractivity contribution >= 4 is 24.1 Å². The predicted molar refractivity (Wildman–Crippen MR) is 146 cm³/mol. The van der Waals surface area contributed by atoms with Crippen molar-refractivity contribution in [3.63, 3.8) is 0 Å². The normalized spacial score (nSPS) is 12.5. The third-order valence-corrected chi connectivity index (χ3v) is 5.75. The lowest BCUT2D eigenvalue weighted by Crippen LogP contribution is -2.48. The van der Waals surface area contributed by atoms with Crippen LogP contribution in [0.15, 0.2) is 54.6 Å². The van der Waals surface area contributed by atoms with Crippen LogP contribution in [0.25, 0.3) is 0 Å². The van der Waals surface area contributed by atoms with Gasteiger partial charge in [-0.3, -0.25) is 9.59 Å². The summed E-state index contributed by atoms with van der Waals surface area (Å²) in [6.45, 7) is 7.41. The highest BCUT2D eigenvalue weighted by Crippen LogP contribution is 2.23. The van der Waals surface area contributed by atoms with Crippen LogP contribution in [0, 0.1) is 0 Å². The second kappa shape index (κ2) is 15.4. The molecule has 4 N–H and O–H groups in total. The van der Waals surface area contributed by atoms with Crippen LogP contribution in [0.5, 0.6) is 0 Å². The van der Waals surface area contributed by atoms with Gasteiger partial charge in [-0.1, -0.05) is 61.5 Å². The summed E-state index contributed by atoms with van der Waals surface area (Å²) in [5.74, 6) is -2.08. The molecule has 39 heavy (non-hydrogen) atoms. The number of aliphatic carboxylic acids is 1. The van der Waals surface area contributed by atoms with E-state index in [1.54, 1.807) is 52.0 Å². The maximum atomic E-state index is 13.1. The number of carboxylic acids is 1. The van der Waals surface area contributed by atoms with E-state index in [0.29, 0.717) is 24.0 Å². The molecule has 0 aliphatic carbocycles. The standard InChI is InChI=1S/C29H39N3O7/c1-5-22(26(34)35)23-15-10-9-14-21(23)18-31-25(33)24(32-28(37)39-29(2,3)4)16-11-17-30-27(36)38-19-20-12-7-6-8-13-20/h6-10,12-15,22,24H,5,11,16-19H2,1-4H3,(H,30,36)(H,31,33)(H,32,37)(H,34,35)/t22?,24-/m0/s1. The molecule has 0 saturated carbocycles. The highest BCUT2D eigenvalue weighted by Gasteiger charge is 2.25. The third kappa shape index (κ3) is 11.5. The molecule has 2 atom stereocenters. The van der Waals surface area contributed by atoms with Gasteiger partial charge in [0.25, 0.3) is 0 Å². The fraction of sp³-hybridized carbons (Fsp3) is 0.448. The van der Waals surface area contributed by atoms with E-state index < -0.39 is 41.6 Å². The second-order valence-corrected chi connectivity index (χ2v) is 10.0. The van der Waals surface area contributed by atoms with Gasteiger partial charge < -0.3 is 30.5 Å². The fourth-order valence-corrected chi connectivity index (χ4v) is 3.86. The van der Waals surface area contributed by atoms with Crippen LogP contribution in [0.1, 0.15) is 69.6 Å². The first-order valence-corrected chi connectivity index (χ1v) is 13.0. The van der Waals surface area contributed by atoms with Crippen LogP contribution < -0.4 is 16.0 Å².